The Labute approximate surface area is 136 Å². The third-order valence-electron chi connectivity index (χ3n) is 3.86. The van der Waals surface area contributed by atoms with Crippen molar-refractivity contribution in [2.75, 3.05) is 0 Å². The second-order valence-corrected chi connectivity index (χ2v) is 5.58. The number of amides is 1. The smallest absolute Gasteiger partial charge is 0.244 e. The number of hydrogen-bond acceptors (Lipinski definition) is 1. The molecule has 3 rings (SSSR count). The summed E-state index contributed by atoms with van der Waals surface area (Å²) in [4.78, 5) is 12.1. The molecule has 0 saturated heterocycles. The summed E-state index contributed by atoms with van der Waals surface area (Å²) in [6.45, 7) is 2.00. The van der Waals surface area contributed by atoms with Gasteiger partial charge in [0.05, 0.1) is 6.04 Å². The summed E-state index contributed by atoms with van der Waals surface area (Å²) in [7, 11) is 0. The molecule has 3 aromatic rings. The van der Waals surface area contributed by atoms with Crippen molar-refractivity contribution in [3.63, 3.8) is 0 Å². The lowest BCUT2D eigenvalue weighted by Gasteiger charge is -2.13. The maximum Gasteiger partial charge on any atom is 0.244 e. The lowest BCUT2D eigenvalue weighted by molar-refractivity contribution is -0.117. The van der Waals surface area contributed by atoms with Crippen LogP contribution in [0.2, 0.25) is 0 Å². The molecule has 0 aromatic heterocycles. The molecule has 1 amide bonds. The highest BCUT2D eigenvalue weighted by atomic mass is 16.1. The second kappa shape index (κ2) is 6.93. The number of nitrogens with one attached hydrogen (secondary N) is 1. The molecule has 0 aliphatic rings. The van der Waals surface area contributed by atoms with Gasteiger partial charge in [0.15, 0.2) is 0 Å². The molecule has 0 heterocycles. The van der Waals surface area contributed by atoms with Crippen molar-refractivity contribution < 1.29 is 4.79 Å². The molecule has 0 fully saturated rings. The van der Waals surface area contributed by atoms with Gasteiger partial charge in [-0.15, -0.1) is 0 Å². The quantitative estimate of drug-likeness (QED) is 0.693. The molecule has 0 bridgehead atoms. The number of rotatable bonds is 4. The van der Waals surface area contributed by atoms with E-state index in [0.29, 0.717) is 0 Å². The molecule has 2 nitrogen and oxygen atoms in total. The third-order valence-corrected chi connectivity index (χ3v) is 3.86. The van der Waals surface area contributed by atoms with Gasteiger partial charge < -0.3 is 5.32 Å². The Morgan fingerprint density at radius 1 is 0.913 bits per heavy atom. The Hall–Kier alpha value is -2.87. The van der Waals surface area contributed by atoms with E-state index >= 15 is 0 Å². The monoisotopic (exact) mass is 301 g/mol. The first-order valence-electron chi connectivity index (χ1n) is 7.75. The zero-order valence-electron chi connectivity index (χ0n) is 13.1. The van der Waals surface area contributed by atoms with Crippen LogP contribution in [0, 0.1) is 0 Å². The van der Waals surface area contributed by atoms with Crippen molar-refractivity contribution in [2.45, 2.75) is 13.0 Å². The Balaban J connectivity index is 1.68. The number of benzene rings is 3. The Kier molecular flexibility index (Phi) is 4.53. The minimum absolute atomic E-state index is 0.0347. The van der Waals surface area contributed by atoms with Gasteiger partial charge in [-0.25, -0.2) is 0 Å². The maximum absolute atomic E-state index is 12.1. The molecule has 0 unspecified atom stereocenters. The van der Waals surface area contributed by atoms with Crippen LogP contribution in [0.5, 0.6) is 0 Å². The molecule has 0 aliphatic carbocycles. The summed E-state index contributed by atoms with van der Waals surface area (Å²) in [6.07, 6.45) is 3.40. The molecule has 1 N–H and O–H groups in total. The summed E-state index contributed by atoms with van der Waals surface area (Å²) >= 11 is 0. The van der Waals surface area contributed by atoms with E-state index in [1.54, 1.807) is 6.08 Å². The minimum Gasteiger partial charge on any atom is -0.346 e. The molecular formula is C21H19NO. The lowest BCUT2D eigenvalue weighted by atomic mass is 10.0. The van der Waals surface area contributed by atoms with E-state index in [1.807, 2.05) is 55.5 Å². The average Bonchev–Trinajstić information content (AvgIpc) is 2.60. The molecule has 23 heavy (non-hydrogen) atoms. The van der Waals surface area contributed by atoms with Crippen molar-refractivity contribution >= 4 is 22.8 Å². The molecule has 0 spiro atoms. The Morgan fingerprint density at radius 2 is 1.61 bits per heavy atom. The van der Waals surface area contributed by atoms with E-state index < -0.39 is 0 Å². The number of carbonyl (C=O) groups is 1. The van der Waals surface area contributed by atoms with Crippen LogP contribution < -0.4 is 5.32 Å². The molecule has 0 radical (unpaired) electrons. The van der Waals surface area contributed by atoms with Gasteiger partial charge in [0.1, 0.15) is 0 Å². The highest BCUT2D eigenvalue weighted by Crippen LogP contribution is 2.20. The predicted molar refractivity (Wildman–Crippen MR) is 96.0 cm³/mol. The van der Waals surface area contributed by atoms with Crippen molar-refractivity contribution in [3.05, 3.63) is 90.0 Å². The minimum atomic E-state index is -0.0884. The van der Waals surface area contributed by atoms with Gasteiger partial charge in [-0.3, -0.25) is 4.79 Å². The van der Waals surface area contributed by atoms with Gasteiger partial charge in [-0.1, -0.05) is 66.7 Å². The van der Waals surface area contributed by atoms with Crippen LogP contribution in [-0.2, 0) is 4.79 Å². The van der Waals surface area contributed by atoms with Crippen molar-refractivity contribution in [2.24, 2.45) is 0 Å². The second-order valence-electron chi connectivity index (χ2n) is 5.58. The van der Waals surface area contributed by atoms with Crippen molar-refractivity contribution in [1.82, 2.24) is 5.32 Å². The first kappa shape index (κ1) is 15.0. The number of hydrogen-bond donors (Lipinski definition) is 1. The Bertz CT molecular complexity index is 837. The van der Waals surface area contributed by atoms with Crippen LogP contribution in [0.15, 0.2) is 78.9 Å². The maximum atomic E-state index is 12.1. The third kappa shape index (κ3) is 3.86. The fourth-order valence-electron chi connectivity index (χ4n) is 2.56. The summed E-state index contributed by atoms with van der Waals surface area (Å²) in [6, 6.07) is 24.3. The summed E-state index contributed by atoms with van der Waals surface area (Å²) in [5.74, 6) is -0.0884. The topological polar surface area (TPSA) is 29.1 Å². The first-order valence-corrected chi connectivity index (χ1v) is 7.75. The van der Waals surface area contributed by atoms with E-state index in [2.05, 4.69) is 35.6 Å². The molecule has 0 saturated carbocycles. The zero-order chi connectivity index (χ0) is 16.1. The van der Waals surface area contributed by atoms with Gasteiger partial charge in [-0.05, 0) is 41.0 Å². The lowest BCUT2D eigenvalue weighted by Crippen LogP contribution is -2.24. The van der Waals surface area contributed by atoms with Gasteiger partial charge in [0, 0.05) is 6.08 Å². The molecule has 114 valence electrons. The van der Waals surface area contributed by atoms with E-state index in [0.717, 1.165) is 11.1 Å². The highest BCUT2D eigenvalue weighted by Gasteiger charge is 2.08. The molecule has 0 aliphatic heterocycles. The summed E-state index contributed by atoms with van der Waals surface area (Å²) < 4.78 is 0. The fourth-order valence-corrected chi connectivity index (χ4v) is 2.56. The van der Waals surface area contributed by atoms with Crippen molar-refractivity contribution in [3.8, 4) is 0 Å². The Morgan fingerprint density at radius 3 is 2.39 bits per heavy atom. The van der Waals surface area contributed by atoms with Crippen LogP contribution >= 0.6 is 0 Å². The van der Waals surface area contributed by atoms with Crippen LogP contribution in [0.4, 0.5) is 0 Å². The highest BCUT2D eigenvalue weighted by molar-refractivity contribution is 5.92. The van der Waals surface area contributed by atoms with Crippen LogP contribution in [-0.4, -0.2) is 5.91 Å². The SMILES string of the molecule is C[C@H](NC(=O)/C=C/c1ccccc1)c1ccc2ccccc2c1. The molecule has 1 atom stereocenters. The normalized spacial score (nSPS) is 12.4. The average molecular weight is 301 g/mol. The van der Waals surface area contributed by atoms with E-state index in [4.69, 9.17) is 0 Å². The molecule has 3 aromatic carbocycles. The fraction of sp³-hybridized carbons (Fsp3) is 0.0952. The van der Waals surface area contributed by atoms with Gasteiger partial charge >= 0.3 is 0 Å². The molecular weight excluding hydrogens is 282 g/mol. The zero-order valence-corrected chi connectivity index (χ0v) is 13.1. The van der Waals surface area contributed by atoms with E-state index in [9.17, 15) is 4.79 Å². The largest absolute Gasteiger partial charge is 0.346 e. The standard InChI is InChI=1S/C21H19NO/c1-16(19-13-12-18-9-5-6-10-20(18)15-19)22-21(23)14-11-17-7-3-2-4-8-17/h2-16H,1H3,(H,22,23)/b14-11+/t16-/m0/s1. The van der Waals surface area contributed by atoms with Gasteiger partial charge in [0.25, 0.3) is 0 Å². The van der Waals surface area contributed by atoms with Crippen LogP contribution in [0.1, 0.15) is 24.1 Å². The summed E-state index contributed by atoms with van der Waals surface area (Å²) in [5.41, 5.74) is 2.12. The summed E-state index contributed by atoms with van der Waals surface area (Å²) in [5, 5.41) is 5.40. The van der Waals surface area contributed by atoms with Crippen molar-refractivity contribution in [1.29, 1.82) is 0 Å². The van der Waals surface area contributed by atoms with Gasteiger partial charge in [-0.2, -0.15) is 0 Å². The predicted octanol–water partition coefficient (Wildman–Crippen LogP) is 4.73. The van der Waals surface area contributed by atoms with Crippen LogP contribution in [0.3, 0.4) is 0 Å². The van der Waals surface area contributed by atoms with Crippen LogP contribution in [0.25, 0.3) is 16.8 Å². The number of fused-ring (bicyclic) bond motifs is 1. The first-order chi connectivity index (χ1) is 11.2. The van der Waals surface area contributed by atoms with E-state index in [1.165, 1.54) is 10.8 Å². The number of carbonyl (C=O) groups excluding carboxylic acids is 1. The van der Waals surface area contributed by atoms with E-state index in [-0.39, 0.29) is 11.9 Å². The van der Waals surface area contributed by atoms with Gasteiger partial charge in [0.2, 0.25) is 5.91 Å². The molecule has 2 heteroatoms.